The number of nitrogens with one attached hydrogen (secondary N) is 1. The summed E-state index contributed by atoms with van der Waals surface area (Å²) in [6.45, 7) is 0. The number of hydrogen-bond acceptors (Lipinski definition) is 1. The van der Waals surface area contributed by atoms with Crippen molar-refractivity contribution in [2.45, 2.75) is 75.5 Å². The quantitative estimate of drug-likeness (QED) is 0.702. The van der Waals surface area contributed by atoms with Crippen molar-refractivity contribution >= 4 is 0 Å². The molecule has 86 valence electrons. The maximum Gasteiger partial charge on any atom is 0.116 e. The van der Waals surface area contributed by atoms with Gasteiger partial charge in [-0.05, 0) is 44.4 Å². The van der Waals surface area contributed by atoms with Crippen molar-refractivity contribution in [1.82, 2.24) is 5.32 Å². The van der Waals surface area contributed by atoms with Gasteiger partial charge in [-0.25, -0.2) is 4.39 Å². The highest BCUT2D eigenvalue weighted by molar-refractivity contribution is 5.03. The van der Waals surface area contributed by atoms with E-state index in [0.29, 0.717) is 18.0 Å². The van der Waals surface area contributed by atoms with Gasteiger partial charge in [0.25, 0.3) is 0 Å². The zero-order valence-electron chi connectivity index (χ0n) is 9.47. The molecule has 0 amide bonds. The van der Waals surface area contributed by atoms with Gasteiger partial charge in [-0.2, -0.15) is 0 Å². The third kappa shape index (κ3) is 1.82. The van der Waals surface area contributed by atoms with Crippen LogP contribution in [0.2, 0.25) is 0 Å². The van der Waals surface area contributed by atoms with Crippen molar-refractivity contribution in [3.05, 3.63) is 0 Å². The lowest BCUT2D eigenvalue weighted by Crippen LogP contribution is -2.50. The monoisotopic (exact) mass is 211 g/mol. The summed E-state index contributed by atoms with van der Waals surface area (Å²) in [7, 11) is 0. The second-order valence-electron chi connectivity index (χ2n) is 5.92. The predicted molar refractivity (Wildman–Crippen MR) is 59.6 cm³/mol. The minimum Gasteiger partial charge on any atom is -0.311 e. The second-order valence-corrected chi connectivity index (χ2v) is 5.92. The van der Waals surface area contributed by atoms with Gasteiger partial charge in [0.2, 0.25) is 0 Å². The Balaban J connectivity index is 1.72. The molecule has 0 aromatic heterocycles. The van der Waals surface area contributed by atoms with Gasteiger partial charge >= 0.3 is 0 Å². The van der Waals surface area contributed by atoms with Crippen LogP contribution in [0.4, 0.5) is 4.39 Å². The summed E-state index contributed by atoms with van der Waals surface area (Å²) < 4.78 is 15.0. The third-order valence-corrected chi connectivity index (χ3v) is 4.84. The van der Waals surface area contributed by atoms with Gasteiger partial charge in [-0.1, -0.05) is 19.3 Å². The molecule has 3 aliphatic rings. The highest BCUT2D eigenvalue weighted by Gasteiger charge is 2.48. The van der Waals surface area contributed by atoms with Gasteiger partial charge < -0.3 is 5.32 Å². The van der Waals surface area contributed by atoms with E-state index < -0.39 is 5.67 Å². The SMILES string of the molecule is FC1(C2CCCCC2)CC2CCC(C1)N2. The molecule has 0 aromatic rings. The van der Waals surface area contributed by atoms with E-state index in [4.69, 9.17) is 0 Å². The molecule has 2 bridgehead atoms. The van der Waals surface area contributed by atoms with Crippen molar-refractivity contribution < 1.29 is 4.39 Å². The zero-order chi connectivity index (χ0) is 10.3. The Bertz CT molecular complexity index is 223. The molecule has 3 fully saturated rings. The molecule has 1 aliphatic carbocycles. The van der Waals surface area contributed by atoms with Gasteiger partial charge in [-0.15, -0.1) is 0 Å². The average Bonchev–Trinajstić information content (AvgIpc) is 2.60. The van der Waals surface area contributed by atoms with Crippen molar-refractivity contribution in [2.24, 2.45) is 5.92 Å². The minimum atomic E-state index is -0.808. The maximum absolute atomic E-state index is 15.0. The normalized spacial score (nSPS) is 47.0. The smallest absolute Gasteiger partial charge is 0.116 e. The molecule has 0 radical (unpaired) electrons. The van der Waals surface area contributed by atoms with Crippen LogP contribution < -0.4 is 5.32 Å². The van der Waals surface area contributed by atoms with E-state index in [2.05, 4.69) is 5.32 Å². The van der Waals surface area contributed by atoms with Crippen molar-refractivity contribution in [1.29, 1.82) is 0 Å². The Kier molecular flexibility index (Phi) is 2.50. The fourth-order valence-corrected chi connectivity index (χ4v) is 4.08. The van der Waals surface area contributed by atoms with Crippen molar-refractivity contribution in [2.75, 3.05) is 0 Å². The van der Waals surface area contributed by atoms with Crippen LogP contribution in [-0.4, -0.2) is 17.8 Å². The molecule has 2 heterocycles. The lowest BCUT2D eigenvalue weighted by molar-refractivity contribution is 0.00850. The zero-order valence-corrected chi connectivity index (χ0v) is 9.47. The summed E-state index contributed by atoms with van der Waals surface area (Å²) >= 11 is 0. The van der Waals surface area contributed by atoms with E-state index in [-0.39, 0.29) is 0 Å². The summed E-state index contributed by atoms with van der Waals surface area (Å²) in [6.07, 6.45) is 10.2. The summed E-state index contributed by atoms with van der Waals surface area (Å²) in [5, 5.41) is 3.54. The van der Waals surface area contributed by atoms with Crippen LogP contribution in [0.25, 0.3) is 0 Å². The standard InChI is InChI=1S/C13H22FN/c14-13(10-4-2-1-3-5-10)8-11-6-7-12(9-13)15-11/h10-12,15H,1-9H2. The van der Waals surface area contributed by atoms with Crippen molar-refractivity contribution in [3.8, 4) is 0 Å². The van der Waals surface area contributed by atoms with E-state index in [1.54, 1.807) is 0 Å². The van der Waals surface area contributed by atoms with E-state index in [0.717, 1.165) is 25.7 Å². The van der Waals surface area contributed by atoms with E-state index >= 15 is 0 Å². The largest absolute Gasteiger partial charge is 0.311 e. The summed E-state index contributed by atoms with van der Waals surface area (Å²) in [4.78, 5) is 0. The summed E-state index contributed by atoms with van der Waals surface area (Å²) in [6, 6.07) is 0.992. The molecule has 2 heteroatoms. The topological polar surface area (TPSA) is 12.0 Å². The van der Waals surface area contributed by atoms with E-state index in [1.807, 2.05) is 0 Å². The van der Waals surface area contributed by atoms with E-state index in [1.165, 1.54) is 32.1 Å². The molecule has 1 nitrogen and oxygen atoms in total. The average molecular weight is 211 g/mol. The summed E-state index contributed by atoms with van der Waals surface area (Å²) in [5.74, 6) is 0.386. The van der Waals surface area contributed by atoms with Gasteiger partial charge in [0, 0.05) is 12.1 Å². The molecule has 2 atom stereocenters. The fourth-order valence-electron chi connectivity index (χ4n) is 4.08. The number of hydrogen-bond donors (Lipinski definition) is 1. The summed E-state index contributed by atoms with van der Waals surface area (Å²) in [5.41, 5.74) is -0.808. The van der Waals surface area contributed by atoms with Crippen LogP contribution in [0.15, 0.2) is 0 Å². The van der Waals surface area contributed by atoms with Gasteiger partial charge in [0.05, 0.1) is 0 Å². The van der Waals surface area contributed by atoms with Crippen LogP contribution >= 0.6 is 0 Å². The second kappa shape index (κ2) is 3.73. The van der Waals surface area contributed by atoms with Gasteiger partial charge in [0.15, 0.2) is 0 Å². The van der Waals surface area contributed by atoms with Gasteiger partial charge in [0.1, 0.15) is 5.67 Å². The number of fused-ring (bicyclic) bond motifs is 2. The Hall–Kier alpha value is -0.110. The predicted octanol–water partition coefficient (Wildman–Crippen LogP) is 3.19. The van der Waals surface area contributed by atoms with Crippen LogP contribution in [0, 0.1) is 5.92 Å². The number of alkyl halides is 1. The number of piperidine rings is 1. The molecule has 2 saturated heterocycles. The van der Waals surface area contributed by atoms with E-state index in [9.17, 15) is 4.39 Å². The first-order chi connectivity index (χ1) is 7.26. The first kappa shape index (κ1) is 10.1. The molecule has 3 rings (SSSR count). The Morgan fingerprint density at radius 1 is 0.867 bits per heavy atom. The molecule has 1 N–H and O–H groups in total. The fraction of sp³-hybridized carbons (Fsp3) is 1.00. The molecule has 2 unspecified atom stereocenters. The first-order valence-corrected chi connectivity index (χ1v) is 6.71. The third-order valence-electron chi connectivity index (χ3n) is 4.84. The molecule has 2 aliphatic heterocycles. The first-order valence-electron chi connectivity index (χ1n) is 6.71. The minimum absolute atomic E-state index is 0.386. The molecule has 15 heavy (non-hydrogen) atoms. The highest BCUT2D eigenvalue weighted by Crippen LogP contribution is 2.46. The van der Waals surface area contributed by atoms with Crippen LogP contribution in [0.1, 0.15) is 57.8 Å². The van der Waals surface area contributed by atoms with Gasteiger partial charge in [-0.3, -0.25) is 0 Å². The molecule has 0 aromatic carbocycles. The molecule has 0 spiro atoms. The molecular weight excluding hydrogens is 189 g/mol. The van der Waals surface area contributed by atoms with Crippen molar-refractivity contribution in [3.63, 3.8) is 0 Å². The molecule has 1 saturated carbocycles. The Morgan fingerprint density at radius 3 is 2.07 bits per heavy atom. The lowest BCUT2D eigenvalue weighted by atomic mass is 9.72. The van der Waals surface area contributed by atoms with Crippen LogP contribution in [0.5, 0.6) is 0 Å². The van der Waals surface area contributed by atoms with Crippen LogP contribution in [0.3, 0.4) is 0 Å². The lowest BCUT2D eigenvalue weighted by Gasteiger charge is -2.42. The Labute approximate surface area is 91.8 Å². The molecular formula is C13H22FN. The van der Waals surface area contributed by atoms with Crippen LogP contribution in [-0.2, 0) is 0 Å². The number of halogens is 1. The maximum atomic E-state index is 15.0. The number of rotatable bonds is 1. The highest BCUT2D eigenvalue weighted by atomic mass is 19.1. The Morgan fingerprint density at radius 2 is 1.47 bits per heavy atom.